The van der Waals surface area contributed by atoms with E-state index in [1.54, 1.807) is 17.6 Å². The number of ether oxygens (including phenoxy) is 1. The lowest BCUT2D eigenvalue weighted by Gasteiger charge is -2.11. The first-order valence-corrected chi connectivity index (χ1v) is 10.5. The fraction of sp³-hybridized carbons (Fsp3) is 0.250. The molecule has 2 aromatic heterocycles. The van der Waals surface area contributed by atoms with Crippen LogP contribution in [0.25, 0.3) is 16.3 Å². The Morgan fingerprint density at radius 2 is 2.21 bits per heavy atom. The molecule has 1 atom stereocenters. The third-order valence-corrected chi connectivity index (χ3v) is 5.51. The fourth-order valence-corrected chi connectivity index (χ4v) is 3.88. The molecule has 0 spiro atoms. The van der Waals surface area contributed by atoms with Crippen LogP contribution in [0.5, 0.6) is 0 Å². The molecule has 2 N–H and O–H groups in total. The zero-order chi connectivity index (χ0) is 19.2. The predicted octanol–water partition coefficient (Wildman–Crippen LogP) is 3.58. The van der Waals surface area contributed by atoms with E-state index in [-0.39, 0.29) is 6.10 Å². The van der Waals surface area contributed by atoms with Crippen LogP contribution >= 0.6 is 23.6 Å². The Morgan fingerprint density at radius 3 is 2.96 bits per heavy atom. The van der Waals surface area contributed by atoms with Crippen LogP contribution < -0.4 is 10.7 Å². The molecule has 3 heterocycles. The van der Waals surface area contributed by atoms with Crippen molar-refractivity contribution in [2.24, 2.45) is 5.10 Å². The molecule has 1 saturated heterocycles. The summed E-state index contributed by atoms with van der Waals surface area (Å²) in [7, 11) is 0. The van der Waals surface area contributed by atoms with E-state index < -0.39 is 0 Å². The molecule has 3 aromatic rings. The van der Waals surface area contributed by atoms with Crippen molar-refractivity contribution in [3.63, 3.8) is 0 Å². The number of hydrogen-bond acceptors (Lipinski definition) is 5. The normalized spacial score (nSPS) is 16.5. The highest BCUT2D eigenvalue weighted by atomic mass is 32.1. The molecule has 1 fully saturated rings. The Morgan fingerprint density at radius 1 is 1.32 bits per heavy atom. The van der Waals surface area contributed by atoms with E-state index in [0.29, 0.717) is 11.7 Å². The van der Waals surface area contributed by atoms with Crippen LogP contribution in [0.2, 0.25) is 0 Å². The van der Waals surface area contributed by atoms with Gasteiger partial charge in [-0.2, -0.15) is 10.2 Å². The van der Waals surface area contributed by atoms with Gasteiger partial charge in [-0.3, -0.25) is 5.43 Å². The number of hydrazone groups is 1. The van der Waals surface area contributed by atoms with Crippen molar-refractivity contribution in [1.29, 1.82) is 0 Å². The summed E-state index contributed by atoms with van der Waals surface area (Å²) >= 11 is 6.94. The zero-order valence-electron chi connectivity index (χ0n) is 15.2. The largest absolute Gasteiger partial charge is 0.376 e. The molecule has 28 heavy (non-hydrogen) atoms. The van der Waals surface area contributed by atoms with Gasteiger partial charge in [-0.15, -0.1) is 11.3 Å². The highest BCUT2D eigenvalue weighted by molar-refractivity contribution is 7.80. The first-order valence-electron chi connectivity index (χ1n) is 9.17. The second-order valence-corrected chi connectivity index (χ2v) is 7.76. The highest BCUT2D eigenvalue weighted by Gasteiger charge is 2.15. The standard InChI is InChI=1S/C20H21N5OS2/c27-20(21-13-17-8-4-10-26-17)23-22-12-15-14-25(16-6-2-1-3-7-16)24-19(15)18-9-5-11-28-18/h1-3,5-7,9,11-12,14,17H,4,8,10,13H2,(H2,21,23,27)/b22-12+. The van der Waals surface area contributed by atoms with Crippen LogP contribution in [-0.2, 0) is 4.74 Å². The predicted molar refractivity (Wildman–Crippen MR) is 117 cm³/mol. The first kappa shape index (κ1) is 18.8. The zero-order valence-corrected chi connectivity index (χ0v) is 16.9. The lowest BCUT2D eigenvalue weighted by atomic mass is 10.2. The van der Waals surface area contributed by atoms with E-state index >= 15 is 0 Å². The van der Waals surface area contributed by atoms with Gasteiger partial charge >= 0.3 is 0 Å². The van der Waals surface area contributed by atoms with Crippen molar-refractivity contribution in [2.75, 3.05) is 13.2 Å². The molecule has 8 heteroatoms. The Balaban J connectivity index is 1.46. The van der Waals surface area contributed by atoms with Crippen LogP contribution in [0.3, 0.4) is 0 Å². The van der Waals surface area contributed by atoms with Gasteiger partial charge in [0.05, 0.1) is 22.9 Å². The summed E-state index contributed by atoms with van der Waals surface area (Å²) < 4.78 is 7.45. The maximum absolute atomic E-state index is 5.58. The van der Waals surface area contributed by atoms with E-state index in [9.17, 15) is 0 Å². The lowest BCUT2D eigenvalue weighted by molar-refractivity contribution is 0.114. The van der Waals surface area contributed by atoms with Gasteiger partial charge in [-0.25, -0.2) is 4.68 Å². The molecule has 4 rings (SSSR count). The molecule has 0 aliphatic carbocycles. The summed E-state index contributed by atoms with van der Waals surface area (Å²) in [4.78, 5) is 1.09. The Hall–Kier alpha value is -2.55. The minimum Gasteiger partial charge on any atom is -0.376 e. The van der Waals surface area contributed by atoms with Crippen LogP contribution in [0, 0.1) is 0 Å². The number of nitrogens with one attached hydrogen (secondary N) is 2. The van der Waals surface area contributed by atoms with Crippen molar-refractivity contribution < 1.29 is 4.74 Å². The van der Waals surface area contributed by atoms with Crippen LogP contribution in [0.1, 0.15) is 18.4 Å². The molecule has 1 aromatic carbocycles. The summed E-state index contributed by atoms with van der Waals surface area (Å²) in [6.45, 7) is 1.54. The van der Waals surface area contributed by atoms with E-state index in [0.717, 1.165) is 41.3 Å². The number of rotatable bonds is 6. The number of aromatic nitrogens is 2. The van der Waals surface area contributed by atoms with Crippen LogP contribution in [0.15, 0.2) is 59.1 Å². The first-order chi connectivity index (χ1) is 13.8. The third-order valence-electron chi connectivity index (χ3n) is 4.40. The number of thiocarbonyl (C=S) groups is 1. The highest BCUT2D eigenvalue weighted by Crippen LogP contribution is 2.26. The molecule has 0 radical (unpaired) electrons. The third kappa shape index (κ3) is 4.64. The molecule has 1 aliphatic rings. The number of nitrogens with zero attached hydrogens (tertiary/aromatic N) is 3. The molecule has 6 nitrogen and oxygen atoms in total. The molecule has 0 amide bonds. The van der Waals surface area contributed by atoms with Gasteiger partial charge < -0.3 is 10.1 Å². The molecule has 144 valence electrons. The van der Waals surface area contributed by atoms with Crippen molar-refractivity contribution in [1.82, 2.24) is 20.5 Å². The van der Waals surface area contributed by atoms with E-state index in [1.807, 2.05) is 52.7 Å². The SMILES string of the molecule is S=C(NCC1CCCO1)N/N=C/c1cn(-c2ccccc2)nc1-c1cccs1. The fourth-order valence-electron chi connectivity index (χ4n) is 3.01. The topological polar surface area (TPSA) is 63.5 Å². The molecule has 0 bridgehead atoms. The number of benzene rings is 1. The average molecular weight is 412 g/mol. The number of para-hydroxylation sites is 1. The second kappa shape index (κ2) is 9.09. The van der Waals surface area contributed by atoms with Gasteiger partial charge in [-0.05, 0) is 48.6 Å². The van der Waals surface area contributed by atoms with E-state index in [2.05, 4.69) is 21.9 Å². The minimum atomic E-state index is 0.235. The van der Waals surface area contributed by atoms with Gasteiger partial charge in [0.25, 0.3) is 0 Å². The van der Waals surface area contributed by atoms with E-state index in [4.69, 9.17) is 22.1 Å². The Kier molecular flexibility index (Phi) is 6.11. The van der Waals surface area contributed by atoms with Crippen molar-refractivity contribution in [3.8, 4) is 16.3 Å². The van der Waals surface area contributed by atoms with Crippen LogP contribution in [-0.4, -0.2) is 40.4 Å². The Labute approximate surface area is 173 Å². The summed E-state index contributed by atoms with van der Waals surface area (Å²) in [6, 6.07) is 14.1. The van der Waals surface area contributed by atoms with Crippen molar-refractivity contribution in [2.45, 2.75) is 18.9 Å². The quantitative estimate of drug-likeness (QED) is 0.369. The number of thiophene rings is 1. The molecular formula is C20H21N5OS2. The summed E-state index contributed by atoms with van der Waals surface area (Å²) in [5.74, 6) is 0. The second-order valence-electron chi connectivity index (χ2n) is 6.41. The maximum Gasteiger partial charge on any atom is 0.187 e. The summed E-state index contributed by atoms with van der Waals surface area (Å²) in [5, 5.41) is 14.7. The van der Waals surface area contributed by atoms with Crippen LogP contribution in [0.4, 0.5) is 0 Å². The summed E-state index contributed by atoms with van der Waals surface area (Å²) in [6.07, 6.45) is 6.14. The van der Waals surface area contributed by atoms with Gasteiger partial charge in [-0.1, -0.05) is 24.3 Å². The lowest BCUT2D eigenvalue weighted by Crippen LogP contribution is -2.37. The maximum atomic E-state index is 5.58. The molecule has 1 unspecified atom stereocenters. The van der Waals surface area contributed by atoms with E-state index in [1.165, 1.54) is 0 Å². The smallest absolute Gasteiger partial charge is 0.187 e. The Bertz CT molecular complexity index is 931. The van der Waals surface area contributed by atoms with Gasteiger partial charge in [0.1, 0.15) is 5.69 Å². The molecular weight excluding hydrogens is 390 g/mol. The van der Waals surface area contributed by atoms with Gasteiger partial charge in [0.15, 0.2) is 5.11 Å². The van der Waals surface area contributed by atoms with Crippen molar-refractivity contribution in [3.05, 3.63) is 59.6 Å². The summed E-state index contributed by atoms with van der Waals surface area (Å²) in [5.41, 5.74) is 5.69. The van der Waals surface area contributed by atoms with Gasteiger partial charge in [0.2, 0.25) is 0 Å². The molecule has 0 saturated carbocycles. The monoisotopic (exact) mass is 411 g/mol. The number of hydrogen-bond donors (Lipinski definition) is 2. The van der Waals surface area contributed by atoms with Crippen molar-refractivity contribution >= 4 is 34.9 Å². The molecule has 1 aliphatic heterocycles. The average Bonchev–Trinajstić information content (AvgIpc) is 3.48. The minimum absolute atomic E-state index is 0.235. The van der Waals surface area contributed by atoms with Gasteiger partial charge in [0, 0.05) is 24.9 Å².